The van der Waals surface area contributed by atoms with E-state index in [-0.39, 0.29) is 5.91 Å². The molecule has 0 aromatic heterocycles. The minimum Gasteiger partial charge on any atom is -0.398 e. The molecule has 0 bridgehead atoms. The first kappa shape index (κ1) is 11.2. The van der Waals surface area contributed by atoms with Crippen LogP contribution in [0, 0.1) is 6.92 Å². The van der Waals surface area contributed by atoms with E-state index < -0.39 is 0 Å². The molecule has 0 saturated heterocycles. The summed E-state index contributed by atoms with van der Waals surface area (Å²) in [6.45, 7) is 1.84. The monoisotopic (exact) mass is 226 g/mol. The summed E-state index contributed by atoms with van der Waals surface area (Å²) < 4.78 is 0. The lowest BCUT2D eigenvalue weighted by atomic mass is 10.1. The molecule has 86 valence electrons. The van der Waals surface area contributed by atoms with Crippen LogP contribution in [0.2, 0.25) is 0 Å². The number of hydrogen-bond donors (Lipinski definition) is 2. The average molecular weight is 226 g/mol. The molecule has 0 atom stereocenters. The highest BCUT2D eigenvalue weighted by molar-refractivity contribution is 6.06. The van der Waals surface area contributed by atoms with Crippen molar-refractivity contribution >= 4 is 17.3 Å². The molecule has 0 saturated carbocycles. The first-order valence-corrected chi connectivity index (χ1v) is 5.40. The van der Waals surface area contributed by atoms with Gasteiger partial charge in [0.25, 0.3) is 5.91 Å². The minimum atomic E-state index is -0.138. The second kappa shape index (κ2) is 4.70. The van der Waals surface area contributed by atoms with Gasteiger partial charge in [-0.05, 0) is 36.8 Å². The maximum atomic E-state index is 12.0. The number of rotatable bonds is 2. The number of nitrogen functional groups attached to an aromatic ring is 1. The van der Waals surface area contributed by atoms with Gasteiger partial charge in [0.15, 0.2) is 0 Å². The second-order valence-electron chi connectivity index (χ2n) is 3.84. The molecule has 0 unspecified atom stereocenters. The van der Waals surface area contributed by atoms with Crippen LogP contribution in [0.25, 0.3) is 0 Å². The van der Waals surface area contributed by atoms with E-state index in [0.717, 1.165) is 11.3 Å². The van der Waals surface area contributed by atoms with Gasteiger partial charge >= 0.3 is 0 Å². The van der Waals surface area contributed by atoms with Crippen LogP contribution in [0.1, 0.15) is 15.9 Å². The minimum absolute atomic E-state index is 0.138. The van der Waals surface area contributed by atoms with Gasteiger partial charge in [0.05, 0.1) is 0 Å². The Morgan fingerprint density at radius 2 is 1.76 bits per heavy atom. The van der Waals surface area contributed by atoms with E-state index in [1.54, 1.807) is 18.2 Å². The summed E-state index contributed by atoms with van der Waals surface area (Å²) in [7, 11) is 0. The van der Waals surface area contributed by atoms with E-state index in [2.05, 4.69) is 5.32 Å². The van der Waals surface area contributed by atoms with Crippen molar-refractivity contribution in [2.24, 2.45) is 0 Å². The molecule has 0 aliphatic carbocycles. The van der Waals surface area contributed by atoms with Crippen LogP contribution in [-0.2, 0) is 0 Å². The van der Waals surface area contributed by atoms with Crippen LogP contribution in [0.15, 0.2) is 48.5 Å². The molecule has 0 radical (unpaired) electrons. The maximum Gasteiger partial charge on any atom is 0.256 e. The van der Waals surface area contributed by atoms with Crippen molar-refractivity contribution in [3.63, 3.8) is 0 Å². The standard InChI is InChI=1S/C14H14N2O/c1-10-12(8-5-9-13(10)15)14(17)16-11-6-3-2-4-7-11/h2-9H,15H2,1H3,(H,16,17). The molecule has 2 rings (SSSR count). The largest absolute Gasteiger partial charge is 0.398 e. The lowest BCUT2D eigenvalue weighted by Crippen LogP contribution is -2.13. The molecule has 3 nitrogen and oxygen atoms in total. The number of nitrogens with one attached hydrogen (secondary N) is 1. The van der Waals surface area contributed by atoms with E-state index in [4.69, 9.17) is 5.73 Å². The van der Waals surface area contributed by atoms with Crippen LogP contribution in [0.3, 0.4) is 0 Å². The van der Waals surface area contributed by atoms with Crippen LogP contribution in [0.4, 0.5) is 11.4 Å². The number of carbonyl (C=O) groups excluding carboxylic acids is 1. The molecule has 0 heterocycles. The Morgan fingerprint density at radius 1 is 1.06 bits per heavy atom. The van der Waals surface area contributed by atoms with Crippen molar-refractivity contribution in [1.82, 2.24) is 0 Å². The predicted molar refractivity (Wildman–Crippen MR) is 70.0 cm³/mol. The summed E-state index contributed by atoms with van der Waals surface area (Å²) in [6, 6.07) is 14.7. The number of nitrogens with two attached hydrogens (primary N) is 1. The van der Waals surface area contributed by atoms with Gasteiger partial charge in [-0.25, -0.2) is 0 Å². The van der Waals surface area contributed by atoms with Crippen molar-refractivity contribution in [3.05, 3.63) is 59.7 Å². The summed E-state index contributed by atoms with van der Waals surface area (Å²) in [4.78, 5) is 12.0. The van der Waals surface area contributed by atoms with Crippen LogP contribution in [0.5, 0.6) is 0 Å². The zero-order valence-corrected chi connectivity index (χ0v) is 9.60. The fourth-order valence-corrected chi connectivity index (χ4v) is 1.62. The normalized spacial score (nSPS) is 9.94. The van der Waals surface area contributed by atoms with Crippen molar-refractivity contribution in [3.8, 4) is 0 Å². The summed E-state index contributed by atoms with van der Waals surface area (Å²) >= 11 is 0. The third kappa shape index (κ3) is 2.45. The van der Waals surface area contributed by atoms with E-state index in [9.17, 15) is 4.79 Å². The van der Waals surface area contributed by atoms with E-state index in [0.29, 0.717) is 11.3 Å². The molecule has 17 heavy (non-hydrogen) atoms. The molecular formula is C14H14N2O. The number of amides is 1. The molecule has 1 amide bonds. The highest BCUT2D eigenvalue weighted by Gasteiger charge is 2.10. The Kier molecular flexibility index (Phi) is 3.10. The van der Waals surface area contributed by atoms with E-state index in [1.165, 1.54) is 0 Å². The van der Waals surface area contributed by atoms with Crippen LogP contribution in [-0.4, -0.2) is 5.91 Å². The third-order valence-electron chi connectivity index (χ3n) is 2.65. The average Bonchev–Trinajstić information content (AvgIpc) is 2.34. The zero-order valence-electron chi connectivity index (χ0n) is 9.60. The van der Waals surface area contributed by atoms with Crippen molar-refractivity contribution in [2.75, 3.05) is 11.1 Å². The first-order chi connectivity index (χ1) is 8.18. The summed E-state index contributed by atoms with van der Waals surface area (Å²) in [5.74, 6) is -0.138. The number of para-hydroxylation sites is 1. The molecule has 2 aromatic carbocycles. The SMILES string of the molecule is Cc1c(N)cccc1C(=O)Nc1ccccc1. The molecule has 3 heteroatoms. The fourth-order valence-electron chi connectivity index (χ4n) is 1.62. The smallest absolute Gasteiger partial charge is 0.256 e. The first-order valence-electron chi connectivity index (χ1n) is 5.40. The Morgan fingerprint density at radius 3 is 2.47 bits per heavy atom. The Labute approximate surface area is 100 Å². The van der Waals surface area contributed by atoms with Crippen molar-refractivity contribution in [2.45, 2.75) is 6.92 Å². The van der Waals surface area contributed by atoms with Gasteiger partial charge in [-0.15, -0.1) is 0 Å². The molecule has 0 fully saturated rings. The van der Waals surface area contributed by atoms with Gasteiger partial charge in [-0.3, -0.25) is 4.79 Å². The Balaban J connectivity index is 2.24. The quantitative estimate of drug-likeness (QED) is 0.773. The summed E-state index contributed by atoms with van der Waals surface area (Å²) in [5, 5.41) is 2.83. The Hall–Kier alpha value is -2.29. The molecule has 3 N–H and O–H groups in total. The number of hydrogen-bond acceptors (Lipinski definition) is 2. The zero-order chi connectivity index (χ0) is 12.3. The van der Waals surface area contributed by atoms with E-state index >= 15 is 0 Å². The van der Waals surface area contributed by atoms with E-state index in [1.807, 2.05) is 37.3 Å². The summed E-state index contributed by atoms with van der Waals surface area (Å²) in [5.41, 5.74) is 8.59. The molecule has 0 aliphatic rings. The lowest BCUT2D eigenvalue weighted by Gasteiger charge is -2.09. The second-order valence-corrected chi connectivity index (χ2v) is 3.84. The van der Waals surface area contributed by atoms with Crippen LogP contribution < -0.4 is 11.1 Å². The highest BCUT2D eigenvalue weighted by Crippen LogP contribution is 2.17. The number of carbonyl (C=O) groups is 1. The number of anilines is 2. The van der Waals surface area contributed by atoms with Gasteiger partial charge in [-0.2, -0.15) is 0 Å². The van der Waals surface area contributed by atoms with Crippen LogP contribution >= 0.6 is 0 Å². The van der Waals surface area contributed by atoms with Gasteiger partial charge in [0.1, 0.15) is 0 Å². The molecule has 0 aliphatic heterocycles. The third-order valence-corrected chi connectivity index (χ3v) is 2.65. The van der Waals surface area contributed by atoms with Gasteiger partial charge in [0, 0.05) is 16.9 Å². The van der Waals surface area contributed by atoms with Crippen molar-refractivity contribution < 1.29 is 4.79 Å². The lowest BCUT2D eigenvalue weighted by molar-refractivity contribution is 0.102. The summed E-state index contributed by atoms with van der Waals surface area (Å²) in [6.07, 6.45) is 0. The van der Waals surface area contributed by atoms with Gasteiger partial charge in [-0.1, -0.05) is 24.3 Å². The molecule has 2 aromatic rings. The predicted octanol–water partition coefficient (Wildman–Crippen LogP) is 2.83. The highest BCUT2D eigenvalue weighted by atomic mass is 16.1. The Bertz CT molecular complexity index is 535. The maximum absolute atomic E-state index is 12.0. The fraction of sp³-hybridized carbons (Fsp3) is 0.0714. The molecule has 0 spiro atoms. The van der Waals surface area contributed by atoms with Gasteiger partial charge < -0.3 is 11.1 Å². The number of benzene rings is 2. The van der Waals surface area contributed by atoms with Crippen molar-refractivity contribution in [1.29, 1.82) is 0 Å². The topological polar surface area (TPSA) is 55.1 Å². The molecular weight excluding hydrogens is 212 g/mol. The van der Waals surface area contributed by atoms with Gasteiger partial charge in [0.2, 0.25) is 0 Å².